The second-order valence-electron chi connectivity index (χ2n) is 4.64. The van der Waals surface area contributed by atoms with Crippen LogP contribution >= 0.6 is 15.9 Å². The highest BCUT2D eigenvalue weighted by atomic mass is 79.9. The van der Waals surface area contributed by atoms with Crippen molar-refractivity contribution in [2.45, 2.75) is 12.8 Å². The Hall–Kier alpha value is -1.35. The lowest BCUT2D eigenvalue weighted by Gasteiger charge is -2.29. The molecule has 0 N–H and O–H groups in total. The van der Waals surface area contributed by atoms with E-state index in [-0.39, 0.29) is 0 Å². The number of hydrogen-bond acceptors (Lipinski definition) is 2. The van der Waals surface area contributed by atoms with Gasteiger partial charge in [0.15, 0.2) is 0 Å². The van der Waals surface area contributed by atoms with Crippen molar-refractivity contribution in [1.29, 1.82) is 0 Å². The lowest BCUT2D eigenvalue weighted by Crippen LogP contribution is -2.33. The van der Waals surface area contributed by atoms with E-state index in [0.29, 0.717) is 18.6 Å². The van der Waals surface area contributed by atoms with Gasteiger partial charge in [-0.3, -0.25) is 4.79 Å². The number of hydrogen-bond donors (Lipinski definition) is 0. The zero-order valence-corrected chi connectivity index (χ0v) is 11.6. The predicted octanol–water partition coefficient (Wildman–Crippen LogP) is 3.77. The van der Waals surface area contributed by atoms with Crippen molar-refractivity contribution in [2.75, 3.05) is 18.0 Å². The minimum atomic E-state index is 0.382. The van der Waals surface area contributed by atoms with Crippen LogP contribution in [0.3, 0.4) is 0 Å². The SMILES string of the molecule is O=C1CCN(c2ccc(Br)c3ccccc23)CC1. The Bertz CT molecular complexity index is 598. The molecule has 0 aromatic heterocycles. The molecule has 3 rings (SSSR count). The third-order valence-corrected chi connectivity index (χ3v) is 4.20. The van der Waals surface area contributed by atoms with Gasteiger partial charge in [-0.05, 0) is 17.5 Å². The molecule has 2 aromatic carbocycles. The summed E-state index contributed by atoms with van der Waals surface area (Å²) in [6.07, 6.45) is 1.34. The number of benzene rings is 2. The number of carbonyl (C=O) groups excluding carboxylic acids is 1. The smallest absolute Gasteiger partial charge is 0.136 e. The van der Waals surface area contributed by atoms with Gasteiger partial charge in [0.25, 0.3) is 0 Å². The van der Waals surface area contributed by atoms with Crippen LogP contribution in [0.4, 0.5) is 5.69 Å². The Morgan fingerprint density at radius 3 is 2.33 bits per heavy atom. The standard InChI is InChI=1S/C15H14BrNO/c16-14-5-6-15(13-4-2-1-3-12(13)14)17-9-7-11(18)8-10-17/h1-6H,7-10H2. The maximum atomic E-state index is 11.3. The quantitative estimate of drug-likeness (QED) is 0.799. The van der Waals surface area contributed by atoms with E-state index in [1.54, 1.807) is 0 Å². The topological polar surface area (TPSA) is 20.3 Å². The molecule has 0 atom stereocenters. The van der Waals surface area contributed by atoms with Crippen molar-refractivity contribution in [3.05, 3.63) is 40.9 Å². The number of Topliss-reactive ketones (excluding diaryl/α,β-unsaturated/α-hetero) is 1. The second kappa shape index (κ2) is 4.73. The molecular weight excluding hydrogens is 290 g/mol. The highest BCUT2D eigenvalue weighted by molar-refractivity contribution is 9.10. The van der Waals surface area contributed by atoms with E-state index in [0.717, 1.165) is 17.6 Å². The van der Waals surface area contributed by atoms with Crippen LogP contribution in [0.25, 0.3) is 10.8 Å². The molecule has 18 heavy (non-hydrogen) atoms. The fourth-order valence-corrected chi connectivity index (χ4v) is 3.00. The molecule has 0 saturated carbocycles. The molecule has 0 bridgehead atoms. The van der Waals surface area contributed by atoms with E-state index in [4.69, 9.17) is 0 Å². The maximum Gasteiger partial charge on any atom is 0.136 e. The summed E-state index contributed by atoms with van der Waals surface area (Å²) in [6.45, 7) is 1.68. The summed E-state index contributed by atoms with van der Waals surface area (Å²) >= 11 is 3.59. The van der Waals surface area contributed by atoms with Crippen molar-refractivity contribution in [2.24, 2.45) is 0 Å². The third-order valence-electron chi connectivity index (χ3n) is 3.51. The minimum absolute atomic E-state index is 0.382. The molecule has 3 heteroatoms. The Kier molecular flexibility index (Phi) is 3.08. The van der Waals surface area contributed by atoms with Gasteiger partial charge in [0.1, 0.15) is 5.78 Å². The van der Waals surface area contributed by atoms with Gasteiger partial charge < -0.3 is 4.90 Å². The summed E-state index contributed by atoms with van der Waals surface area (Å²) in [4.78, 5) is 13.6. The second-order valence-corrected chi connectivity index (χ2v) is 5.49. The zero-order chi connectivity index (χ0) is 12.5. The average Bonchev–Trinajstić information content (AvgIpc) is 2.41. The van der Waals surface area contributed by atoms with Gasteiger partial charge in [-0.25, -0.2) is 0 Å². The summed E-state index contributed by atoms with van der Waals surface area (Å²) in [5.74, 6) is 0.382. The van der Waals surface area contributed by atoms with E-state index in [9.17, 15) is 4.79 Å². The van der Waals surface area contributed by atoms with Crippen LogP contribution in [-0.2, 0) is 4.79 Å². The van der Waals surface area contributed by atoms with Gasteiger partial charge in [-0.15, -0.1) is 0 Å². The van der Waals surface area contributed by atoms with E-state index in [1.165, 1.54) is 16.5 Å². The molecule has 0 aliphatic carbocycles. The first-order chi connectivity index (χ1) is 8.75. The third kappa shape index (κ3) is 2.03. The van der Waals surface area contributed by atoms with Gasteiger partial charge in [-0.1, -0.05) is 40.2 Å². The number of fused-ring (bicyclic) bond motifs is 1. The van der Waals surface area contributed by atoms with Crippen molar-refractivity contribution < 1.29 is 4.79 Å². The molecule has 0 spiro atoms. The zero-order valence-electron chi connectivity index (χ0n) is 10.0. The van der Waals surface area contributed by atoms with Gasteiger partial charge >= 0.3 is 0 Å². The first-order valence-electron chi connectivity index (χ1n) is 6.19. The molecule has 1 saturated heterocycles. The highest BCUT2D eigenvalue weighted by Crippen LogP contribution is 2.33. The van der Waals surface area contributed by atoms with Gasteiger partial charge in [0.2, 0.25) is 0 Å². The Balaban J connectivity index is 2.07. The number of rotatable bonds is 1. The van der Waals surface area contributed by atoms with Crippen molar-refractivity contribution in [3.63, 3.8) is 0 Å². The highest BCUT2D eigenvalue weighted by Gasteiger charge is 2.18. The molecule has 2 aromatic rings. The normalized spacial score (nSPS) is 16.3. The average molecular weight is 304 g/mol. The van der Waals surface area contributed by atoms with E-state index in [2.05, 4.69) is 57.2 Å². The number of halogens is 1. The Labute approximate surface area is 115 Å². The van der Waals surface area contributed by atoms with Gasteiger partial charge in [-0.2, -0.15) is 0 Å². The molecule has 2 nitrogen and oxygen atoms in total. The molecule has 1 aliphatic heterocycles. The Morgan fingerprint density at radius 2 is 1.61 bits per heavy atom. The number of nitrogens with zero attached hydrogens (tertiary/aromatic N) is 1. The van der Waals surface area contributed by atoms with Crippen LogP contribution in [0.1, 0.15) is 12.8 Å². The first-order valence-corrected chi connectivity index (χ1v) is 6.99. The van der Waals surface area contributed by atoms with Crippen molar-refractivity contribution in [3.8, 4) is 0 Å². The molecule has 1 fully saturated rings. The number of anilines is 1. The van der Waals surface area contributed by atoms with Crippen LogP contribution in [0.15, 0.2) is 40.9 Å². The van der Waals surface area contributed by atoms with Crippen LogP contribution < -0.4 is 4.90 Å². The monoisotopic (exact) mass is 303 g/mol. The largest absolute Gasteiger partial charge is 0.370 e. The fraction of sp³-hybridized carbons (Fsp3) is 0.267. The first kappa shape index (κ1) is 11.7. The molecule has 92 valence electrons. The van der Waals surface area contributed by atoms with E-state index >= 15 is 0 Å². The van der Waals surface area contributed by atoms with Crippen LogP contribution in [0.5, 0.6) is 0 Å². The molecule has 0 radical (unpaired) electrons. The fourth-order valence-electron chi connectivity index (χ4n) is 2.52. The molecule has 1 aliphatic rings. The number of piperidine rings is 1. The van der Waals surface area contributed by atoms with E-state index in [1.807, 2.05) is 0 Å². The maximum absolute atomic E-state index is 11.3. The Morgan fingerprint density at radius 1 is 0.944 bits per heavy atom. The molecule has 0 amide bonds. The van der Waals surface area contributed by atoms with Gasteiger partial charge in [0, 0.05) is 41.5 Å². The lowest BCUT2D eigenvalue weighted by atomic mass is 10.0. The number of ketones is 1. The van der Waals surface area contributed by atoms with Gasteiger partial charge in [0.05, 0.1) is 0 Å². The van der Waals surface area contributed by atoms with Crippen molar-refractivity contribution >= 4 is 38.2 Å². The summed E-state index contributed by atoms with van der Waals surface area (Å²) < 4.78 is 1.12. The summed E-state index contributed by atoms with van der Waals surface area (Å²) in [5, 5.41) is 2.48. The van der Waals surface area contributed by atoms with Crippen LogP contribution in [-0.4, -0.2) is 18.9 Å². The predicted molar refractivity (Wildman–Crippen MR) is 78.1 cm³/mol. The minimum Gasteiger partial charge on any atom is -0.370 e. The lowest BCUT2D eigenvalue weighted by molar-refractivity contribution is -0.119. The summed E-state index contributed by atoms with van der Waals surface area (Å²) in [5.41, 5.74) is 1.24. The molecule has 0 unspecified atom stereocenters. The summed E-state index contributed by atoms with van der Waals surface area (Å²) in [7, 11) is 0. The van der Waals surface area contributed by atoms with Crippen molar-refractivity contribution in [1.82, 2.24) is 0 Å². The number of carbonyl (C=O) groups is 1. The molecule has 1 heterocycles. The summed E-state index contributed by atoms with van der Waals surface area (Å²) in [6, 6.07) is 12.6. The van der Waals surface area contributed by atoms with Crippen LogP contribution in [0.2, 0.25) is 0 Å². The molecular formula is C15H14BrNO. The van der Waals surface area contributed by atoms with Crippen LogP contribution in [0, 0.1) is 0 Å². The van der Waals surface area contributed by atoms with E-state index < -0.39 is 0 Å².